The van der Waals surface area contributed by atoms with Gasteiger partial charge in [0.1, 0.15) is 22.2 Å². The van der Waals surface area contributed by atoms with E-state index in [0.717, 1.165) is 5.56 Å². The van der Waals surface area contributed by atoms with E-state index in [1.165, 1.54) is 40.2 Å². The van der Waals surface area contributed by atoms with Gasteiger partial charge in [-0.2, -0.15) is 0 Å². The summed E-state index contributed by atoms with van der Waals surface area (Å²) in [4.78, 5) is 29.2. The van der Waals surface area contributed by atoms with Crippen molar-refractivity contribution in [3.05, 3.63) is 75.3 Å². The topological polar surface area (TPSA) is 85.3 Å². The van der Waals surface area contributed by atoms with E-state index in [1.54, 1.807) is 19.1 Å². The Bertz CT molecular complexity index is 1220. The Balaban J connectivity index is 1.83. The molecule has 0 saturated carbocycles. The molecule has 0 bridgehead atoms. The second kappa shape index (κ2) is 6.48. The molecular weight excluding hydrogens is 371 g/mol. The summed E-state index contributed by atoms with van der Waals surface area (Å²) in [6.07, 6.45) is 0. The quantitative estimate of drug-likeness (QED) is 0.577. The normalized spacial score (nSPS) is 11.2. The van der Waals surface area contributed by atoms with Crippen LogP contribution in [0.4, 0.5) is 4.39 Å². The molecule has 0 radical (unpaired) electrons. The zero-order valence-corrected chi connectivity index (χ0v) is 14.9. The summed E-state index contributed by atoms with van der Waals surface area (Å²) < 4.78 is 19.9. The molecule has 0 atom stereocenters. The van der Waals surface area contributed by atoms with Gasteiger partial charge in [-0.1, -0.05) is 12.1 Å². The van der Waals surface area contributed by atoms with Crippen molar-refractivity contribution >= 4 is 27.5 Å². The van der Waals surface area contributed by atoms with Crippen molar-refractivity contribution in [3.63, 3.8) is 0 Å². The zero-order valence-electron chi connectivity index (χ0n) is 14.1. The van der Waals surface area contributed by atoms with Gasteiger partial charge in [0, 0.05) is 10.9 Å². The molecule has 1 aromatic carbocycles. The van der Waals surface area contributed by atoms with Crippen molar-refractivity contribution in [2.45, 2.75) is 13.5 Å². The molecule has 0 amide bonds. The highest BCUT2D eigenvalue weighted by Gasteiger charge is 2.17. The largest absolute Gasteiger partial charge is 0.475 e. The number of aryl methyl sites for hydroxylation is 1. The standard InChI is InChI=1S/C19H13FN2O4S/c1-10-21-17-16(14(9-27-17)11-2-4-12(20)5-3-11)18(23)22(10)8-13-6-7-15(26-13)19(24)25/h2-7,9H,8H2,1H3,(H,24,25). The van der Waals surface area contributed by atoms with Gasteiger partial charge in [0.2, 0.25) is 5.76 Å². The van der Waals surface area contributed by atoms with E-state index >= 15 is 0 Å². The van der Waals surface area contributed by atoms with E-state index in [1.807, 2.05) is 5.38 Å². The minimum absolute atomic E-state index is 0.0690. The summed E-state index contributed by atoms with van der Waals surface area (Å²) in [5.74, 6) is -0.870. The van der Waals surface area contributed by atoms with Crippen molar-refractivity contribution in [1.29, 1.82) is 0 Å². The maximum Gasteiger partial charge on any atom is 0.371 e. The van der Waals surface area contributed by atoms with Crippen LogP contribution in [0.15, 0.2) is 51.0 Å². The number of aromatic nitrogens is 2. The Morgan fingerprint density at radius 3 is 2.67 bits per heavy atom. The van der Waals surface area contributed by atoms with Crippen LogP contribution < -0.4 is 5.56 Å². The number of nitrogens with zero attached hydrogens (tertiary/aromatic N) is 2. The Hall–Kier alpha value is -3.26. The molecule has 4 rings (SSSR count). The van der Waals surface area contributed by atoms with Crippen LogP contribution in [0.1, 0.15) is 22.1 Å². The number of aromatic carboxylic acids is 1. The van der Waals surface area contributed by atoms with Crippen LogP contribution in [-0.4, -0.2) is 20.6 Å². The van der Waals surface area contributed by atoms with E-state index in [9.17, 15) is 14.0 Å². The molecule has 136 valence electrons. The lowest BCUT2D eigenvalue weighted by molar-refractivity contribution is 0.0660. The Kier molecular flexibility index (Phi) is 4.12. The summed E-state index contributed by atoms with van der Waals surface area (Å²) in [6, 6.07) is 8.79. The van der Waals surface area contributed by atoms with Crippen LogP contribution in [-0.2, 0) is 6.54 Å². The van der Waals surface area contributed by atoms with Gasteiger partial charge in [0.05, 0.1) is 11.9 Å². The first-order valence-electron chi connectivity index (χ1n) is 8.00. The van der Waals surface area contributed by atoms with Gasteiger partial charge in [-0.3, -0.25) is 9.36 Å². The SMILES string of the molecule is Cc1nc2scc(-c3ccc(F)cc3)c2c(=O)n1Cc1ccc(C(=O)O)o1. The summed E-state index contributed by atoms with van der Waals surface area (Å²) in [6.45, 7) is 1.78. The number of rotatable bonds is 4. The second-order valence-corrected chi connectivity index (χ2v) is 6.82. The number of carbonyl (C=O) groups is 1. The summed E-state index contributed by atoms with van der Waals surface area (Å²) in [5.41, 5.74) is 1.15. The molecule has 8 heteroatoms. The Morgan fingerprint density at radius 1 is 1.26 bits per heavy atom. The fourth-order valence-electron chi connectivity index (χ4n) is 2.89. The molecule has 0 saturated heterocycles. The van der Waals surface area contributed by atoms with Gasteiger partial charge in [0.15, 0.2) is 0 Å². The van der Waals surface area contributed by atoms with Gasteiger partial charge in [0.25, 0.3) is 5.56 Å². The van der Waals surface area contributed by atoms with Crippen LogP contribution in [0.5, 0.6) is 0 Å². The molecule has 0 aliphatic heterocycles. The molecular formula is C19H13FN2O4S. The maximum absolute atomic E-state index is 13.2. The second-order valence-electron chi connectivity index (χ2n) is 5.96. The number of benzene rings is 1. The summed E-state index contributed by atoms with van der Waals surface area (Å²) >= 11 is 1.34. The van der Waals surface area contributed by atoms with Crippen LogP contribution in [0.2, 0.25) is 0 Å². The van der Waals surface area contributed by atoms with Crippen molar-refractivity contribution in [1.82, 2.24) is 9.55 Å². The van der Waals surface area contributed by atoms with E-state index in [2.05, 4.69) is 4.98 Å². The first kappa shape index (κ1) is 17.2. The van der Waals surface area contributed by atoms with E-state index in [4.69, 9.17) is 9.52 Å². The lowest BCUT2D eigenvalue weighted by Crippen LogP contribution is -2.24. The average Bonchev–Trinajstić information content (AvgIpc) is 3.26. The molecule has 4 aromatic rings. The third-order valence-corrected chi connectivity index (χ3v) is 5.10. The van der Waals surface area contributed by atoms with Gasteiger partial charge < -0.3 is 9.52 Å². The molecule has 1 N–H and O–H groups in total. The third kappa shape index (κ3) is 3.04. The van der Waals surface area contributed by atoms with E-state index < -0.39 is 5.97 Å². The van der Waals surface area contributed by atoms with Crippen LogP contribution in [0.3, 0.4) is 0 Å². The zero-order chi connectivity index (χ0) is 19.1. The molecule has 0 aliphatic rings. The number of halogens is 1. The number of furan rings is 1. The van der Waals surface area contributed by atoms with Crippen molar-refractivity contribution in [3.8, 4) is 11.1 Å². The number of hydrogen-bond donors (Lipinski definition) is 1. The molecule has 0 spiro atoms. The molecule has 0 aliphatic carbocycles. The summed E-state index contributed by atoms with van der Waals surface area (Å²) in [7, 11) is 0. The maximum atomic E-state index is 13.2. The Morgan fingerprint density at radius 2 is 2.00 bits per heavy atom. The third-order valence-electron chi connectivity index (χ3n) is 4.23. The van der Waals surface area contributed by atoms with Gasteiger partial charge in [-0.25, -0.2) is 14.2 Å². The van der Waals surface area contributed by atoms with Crippen LogP contribution in [0.25, 0.3) is 21.3 Å². The van der Waals surface area contributed by atoms with Crippen molar-refractivity contribution < 1.29 is 18.7 Å². The van der Waals surface area contributed by atoms with Crippen molar-refractivity contribution in [2.75, 3.05) is 0 Å². The minimum Gasteiger partial charge on any atom is -0.475 e. The fraction of sp³-hybridized carbons (Fsp3) is 0.105. The number of fused-ring (bicyclic) bond motifs is 1. The van der Waals surface area contributed by atoms with Crippen molar-refractivity contribution in [2.24, 2.45) is 0 Å². The first-order valence-corrected chi connectivity index (χ1v) is 8.88. The number of hydrogen-bond acceptors (Lipinski definition) is 5. The van der Waals surface area contributed by atoms with Crippen LogP contribution >= 0.6 is 11.3 Å². The molecule has 0 unspecified atom stereocenters. The number of thiophene rings is 1. The highest BCUT2D eigenvalue weighted by atomic mass is 32.1. The monoisotopic (exact) mass is 384 g/mol. The number of carboxylic acids is 1. The lowest BCUT2D eigenvalue weighted by Gasteiger charge is -2.08. The average molecular weight is 384 g/mol. The highest BCUT2D eigenvalue weighted by molar-refractivity contribution is 7.17. The fourth-order valence-corrected chi connectivity index (χ4v) is 3.87. The smallest absolute Gasteiger partial charge is 0.371 e. The molecule has 0 fully saturated rings. The lowest BCUT2D eigenvalue weighted by atomic mass is 10.1. The molecule has 27 heavy (non-hydrogen) atoms. The van der Waals surface area contributed by atoms with Gasteiger partial charge in [-0.05, 0) is 36.8 Å². The van der Waals surface area contributed by atoms with Gasteiger partial charge >= 0.3 is 5.97 Å². The predicted molar refractivity (Wildman–Crippen MR) is 98.8 cm³/mol. The summed E-state index contributed by atoms with van der Waals surface area (Å²) in [5, 5.41) is 11.2. The molecule has 3 heterocycles. The van der Waals surface area contributed by atoms with Gasteiger partial charge in [-0.15, -0.1) is 11.3 Å². The highest BCUT2D eigenvalue weighted by Crippen LogP contribution is 2.31. The minimum atomic E-state index is -1.17. The Labute approximate surface area is 156 Å². The van der Waals surface area contributed by atoms with E-state index in [-0.39, 0.29) is 23.7 Å². The first-order chi connectivity index (χ1) is 12.9. The predicted octanol–water partition coefficient (Wildman–Crippen LogP) is 3.91. The molecule has 3 aromatic heterocycles. The van der Waals surface area contributed by atoms with E-state index in [0.29, 0.717) is 27.4 Å². The molecule has 6 nitrogen and oxygen atoms in total. The van der Waals surface area contributed by atoms with Crippen LogP contribution in [0, 0.1) is 12.7 Å². The number of carboxylic acid groups (broad SMARTS) is 1.